The molecule has 0 aliphatic carbocycles. The van der Waals surface area contributed by atoms with Crippen molar-refractivity contribution in [2.24, 2.45) is 0 Å². The Morgan fingerprint density at radius 3 is 2.87 bits per heavy atom. The molecule has 0 amide bonds. The van der Waals surface area contributed by atoms with Crippen LogP contribution in [0.4, 0.5) is 0 Å². The normalized spacial score (nSPS) is 13.9. The molecule has 0 bridgehead atoms. The Balaban J connectivity index is 2.12. The van der Waals surface area contributed by atoms with Gasteiger partial charge in [0.1, 0.15) is 11.4 Å². The van der Waals surface area contributed by atoms with Crippen LogP contribution in [0.3, 0.4) is 0 Å². The van der Waals surface area contributed by atoms with Crippen LogP contribution in [0.15, 0.2) is 33.6 Å². The van der Waals surface area contributed by atoms with Gasteiger partial charge in [-0.05, 0) is 37.6 Å². The highest BCUT2D eigenvalue weighted by atomic mass is 16.5. The van der Waals surface area contributed by atoms with Crippen LogP contribution in [0.25, 0.3) is 22.3 Å². The van der Waals surface area contributed by atoms with E-state index >= 15 is 0 Å². The van der Waals surface area contributed by atoms with Gasteiger partial charge >= 0.3 is 0 Å². The largest absolute Gasteiger partial charge is 0.497 e. The quantitative estimate of drug-likeness (QED) is 0.765. The Labute approximate surface area is 131 Å². The second-order valence-corrected chi connectivity index (χ2v) is 5.52. The Bertz CT molecular complexity index is 911. The molecule has 1 unspecified atom stereocenters. The summed E-state index contributed by atoms with van der Waals surface area (Å²) in [6, 6.07) is 7.01. The summed E-state index contributed by atoms with van der Waals surface area (Å²) in [5.41, 5.74) is -0.597. The Morgan fingerprint density at radius 2 is 2.17 bits per heavy atom. The summed E-state index contributed by atoms with van der Waals surface area (Å²) in [7, 11) is 1.58. The third kappa shape index (κ3) is 2.70. The first-order chi connectivity index (χ1) is 10.9. The van der Waals surface area contributed by atoms with Crippen molar-refractivity contribution in [1.82, 2.24) is 15.1 Å². The average molecular weight is 315 g/mol. The molecule has 120 valence electrons. The smallest absolute Gasteiger partial charge is 0.259 e. The maximum Gasteiger partial charge on any atom is 0.259 e. The van der Waals surface area contributed by atoms with E-state index in [0.717, 1.165) is 5.39 Å². The molecule has 0 saturated heterocycles. The zero-order valence-corrected chi connectivity index (χ0v) is 13.1. The topological polar surface area (TPSA) is 101 Å². The summed E-state index contributed by atoms with van der Waals surface area (Å²) in [6.07, 6.45) is 0.417. The lowest BCUT2D eigenvalue weighted by Crippen LogP contribution is -2.20. The van der Waals surface area contributed by atoms with Gasteiger partial charge in [0.05, 0.1) is 12.7 Å². The number of H-pyrrole nitrogens is 1. The first-order valence-electron chi connectivity index (χ1n) is 7.22. The molecule has 3 aromatic rings. The van der Waals surface area contributed by atoms with Crippen molar-refractivity contribution in [3.8, 4) is 17.1 Å². The molecule has 3 rings (SSSR count). The molecule has 0 spiro atoms. The van der Waals surface area contributed by atoms with E-state index in [1.807, 2.05) is 0 Å². The molecule has 2 heterocycles. The molecular weight excluding hydrogens is 298 g/mol. The van der Waals surface area contributed by atoms with Crippen molar-refractivity contribution >= 4 is 10.9 Å². The van der Waals surface area contributed by atoms with Crippen LogP contribution < -0.4 is 10.3 Å². The molecule has 7 nitrogen and oxygen atoms in total. The van der Waals surface area contributed by atoms with Gasteiger partial charge in [-0.2, -0.15) is 4.98 Å². The number of aromatic amines is 1. The summed E-state index contributed by atoms with van der Waals surface area (Å²) < 4.78 is 10.3. The number of aliphatic hydroxyl groups is 1. The minimum absolute atomic E-state index is 0.0835. The van der Waals surface area contributed by atoms with Gasteiger partial charge in [0.15, 0.2) is 0 Å². The van der Waals surface area contributed by atoms with Crippen LogP contribution >= 0.6 is 0 Å². The van der Waals surface area contributed by atoms with Gasteiger partial charge < -0.3 is 19.4 Å². The SMILES string of the molecule is CCC(C)(O)c1nc(-c2cc3cc(OC)ccc3[nH]c2=O)no1. The van der Waals surface area contributed by atoms with Crippen molar-refractivity contribution < 1.29 is 14.4 Å². The molecule has 1 atom stereocenters. The standard InChI is InChI=1S/C16H17N3O4/c1-4-16(2,21)15-18-13(19-23-15)11-8-9-7-10(22-3)5-6-12(9)17-14(11)20/h5-8,21H,4H2,1-3H3,(H,17,20). The summed E-state index contributed by atoms with van der Waals surface area (Å²) in [5.74, 6) is 0.901. The van der Waals surface area contributed by atoms with Gasteiger partial charge in [0, 0.05) is 10.9 Å². The number of ether oxygens (including phenoxy) is 1. The lowest BCUT2D eigenvalue weighted by molar-refractivity contribution is 0.0191. The van der Waals surface area contributed by atoms with Gasteiger partial charge in [-0.15, -0.1) is 0 Å². The molecule has 0 aliphatic rings. The molecule has 2 aromatic heterocycles. The first kappa shape index (κ1) is 15.2. The predicted molar refractivity (Wildman–Crippen MR) is 84.3 cm³/mol. The van der Waals surface area contributed by atoms with Crippen LogP contribution in [-0.2, 0) is 5.60 Å². The van der Waals surface area contributed by atoms with Gasteiger partial charge in [-0.3, -0.25) is 4.79 Å². The highest BCUT2D eigenvalue weighted by Crippen LogP contribution is 2.26. The van der Waals surface area contributed by atoms with E-state index in [2.05, 4.69) is 15.1 Å². The van der Waals surface area contributed by atoms with Crippen molar-refractivity contribution in [1.29, 1.82) is 0 Å². The Morgan fingerprint density at radius 1 is 1.39 bits per heavy atom. The number of methoxy groups -OCH3 is 1. The van der Waals surface area contributed by atoms with Crippen molar-refractivity contribution in [3.63, 3.8) is 0 Å². The van der Waals surface area contributed by atoms with E-state index in [0.29, 0.717) is 17.7 Å². The van der Waals surface area contributed by atoms with Crippen LogP contribution in [-0.4, -0.2) is 27.3 Å². The van der Waals surface area contributed by atoms with E-state index < -0.39 is 5.60 Å². The lowest BCUT2D eigenvalue weighted by atomic mass is 10.0. The maximum absolute atomic E-state index is 12.2. The third-order valence-electron chi connectivity index (χ3n) is 3.87. The van der Waals surface area contributed by atoms with Crippen LogP contribution in [0.1, 0.15) is 26.2 Å². The second-order valence-electron chi connectivity index (χ2n) is 5.52. The van der Waals surface area contributed by atoms with Gasteiger partial charge in [0.25, 0.3) is 11.4 Å². The maximum atomic E-state index is 12.2. The number of fused-ring (bicyclic) bond motifs is 1. The highest BCUT2D eigenvalue weighted by Gasteiger charge is 2.28. The number of nitrogens with one attached hydrogen (secondary N) is 1. The predicted octanol–water partition coefficient (Wildman–Crippen LogP) is 2.20. The molecule has 1 aromatic carbocycles. The molecule has 0 radical (unpaired) electrons. The number of benzene rings is 1. The zero-order valence-electron chi connectivity index (χ0n) is 13.1. The van der Waals surface area contributed by atoms with Gasteiger partial charge in [-0.1, -0.05) is 12.1 Å². The van der Waals surface area contributed by atoms with E-state index in [1.54, 1.807) is 45.2 Å². The number of pyridine rings is 1. The van der Waals surface area contributed by atoms with Gasteiger partial charge in [0.2, 0.25) is 5.82 Å². The van der Waals surface area contributed by atoms with Crippen LogP contribution in [0.5, 0.6) is 5.75 Å². The summed E-state index contributed by atoms with van der Waals surface area (Å²) in [5, 5.41) is 14.8. The molecule has 7 heteroatoms. The minimum Gasteiger partial charge on any atom is -0.497 e. The van der Waals surface area contributed by atoms with Crippen LogP contribution in [0.2, 0.25) is 0 Å². The molecule has 0 saturated carbocycles. The fourth-order valence-electron chi connectivity index (χ4n) is 2.18. The van der Waals surface area contributed by atoms with Crippen molar-refractivity contribution in [2.45, 2.75) is 25.9 Å². The second kappa shape index (κ2) is 5.51. The fourth-order valence-corrected chi connectivity index (χ4v) is 2.18. The minimum atomic E-state index is -1.22. The number of aromatic nitrogens is 3. The Hall–Kier alpha value is -2.67. The van der Waals surface area contributed by atoms with Crippen LogP contribution in [0, 0.1) is 0 Å². The fraction of sp³-hybridized carbons (Fsp3) is 0.312. The molecular formula is C16H17N3O4. The van der Waals surface area contributed by atoms with Crippen molar-refractivity contribution in [3.05, 3.63) is 40.5 Å². The molecule has 23 heavy (non-hydrogen) atoms. The summed E-state index contributed by atoms with van der Waals surface area (Å²) in [4.78, 5) is 19.2. The van der Waals surface area contributed by atoms with Gasteiger partial charge in [-0.25, -0.2) is 0 Å². The average Bonchev–Trinajstić information content (AvgIpc) is 3.04. The van der Waals surface area contributed by atoms with E-state index in [9.17, 15) is 9.90 Å². The number of hydrogen-bond donors (Lipinski definition) is 2. The number of rotatable bonds is 4. The molecule has 2 N–H and O–H groups in total. The van der Waals surface area contributed by atoms with E-state index in [1.165, 1.54) is 0 Å². The van der Waals surface area contributed by atoms with E-state index in [-0.39, 0.29) is 22.8 Å². The summed E-state index contributed by atoms with van der Waals surface area (Å²) in [6.45, 7) is 3.39. The molecule has 0 fully saturated rings. The highest BCUT2D eigenvalue weighted by molar-refractivity contribution is 5.83. The Kier molecular flexibility index (Phi) is 3.65. The molecule has 0 aliphatic heterocycles. The van der Waals surface area contributed by atoms with E-state index in [4.69, 9.17) is 9.26 Å². The monoisotopic (exact) mass is 315 g/mol. The number of nitrogens with zero attached hydrogens (tertiary/aromatic N) is 2. The summed E-state index contributed by atoms with van der Waals surface area (Å²) >= 11 is 0. The van der Waals surface area contributed by atoms with Crippen molar-refractivity contribution in [2.75, 3.05) is 7.11 Å². The number of hydrogen-bond acceptors (Lipinski definition) is 6. The third-order valence-corrected chi connectivity index (χ3v) is 3.87. The first-order valence-corrected chi connectivity index (χ1v) is 7.22. The zero-order chi connectivity index (χ0) is 16.6. The lowest BCUT2D eigenvalue weighted by Gasteiger charge is -2.14.